The van der Waals surface area contributed by atoms with Gasteiger partial charge in [0.15, 0.2) is 0 Å². The van der Waals surface area contributed by atoms with Gasteiger partial charge in [-0.05, 0) is 43.4 Å². The summed E-state index contributed by atoms with van der Waals surface area (Å²) < 4.78 is 32.1. The van der Waals surface area contributed by atoms with E-state index in [0.29, 0.717) is 24.1 Å². The van der Waals surface area contributed by atoms with Gasteiger partial charge in [-0.1, -0.05) is 0 Å². The fourth-order valence-electron chi connectivity index (χ4n) is 3.19. The molecule has 0 radical (unpaired) electrons. The van der Waals surface area contributed by atoms with Crippen molar-refractivity contribution in [2.24, 2.45) is 5.92 Å². The first kappa shape index (κ1) is 16.5. The zero-order valence-electron chi connectivity index (χ0n) is 13.4. The predicted octanol–water partition coefficient (Wildman–Crippen LogP) is 2.73. The number of nitrogens with one attached hydrogen (secondary N) is 1. The summed E-state index contributed by atoms with van der Waals surface area (Å²) in [5.41, 5.74) is 0.0726. The van der Waals surface area contributed by atoms with E-state index in [9.17, 15) is 13.6 Å². The first-order valence-corrected chi connectivity index (χ1v) is 8.02. The highest BCUT2D eigenvalue weighted by molar-refractivity contribution is 5.78. The summed E-state index contributed by atoms with van der Waals surface area (Å²) in [6.07, 6.45) is 3.17. The minimum atomic E-state index is -0.567. The third kappa shape index (κ3) is 4.15. The van der Waals surface area contributed by atoms with Crippen molar-refractivity contribution in [3.8, 4) is 0 Å². The Morgan fingerprint density at radius 1 is 1.33 bits per heavy atom. The average Bonchev–Trinajstić information content (AvgIpc) is 3.12. The molecule has 0 bridgehead atoms. The van der Waals surface area contributed by atoms with Crippen LogP contribution in [0.1, 0.15) is 36.6 Å². The van der Waals surface area contributed by atoms with Crippen LogP contribution in [-0.2, 0) is 17.6 Å². The third-order valence-electron chi connectivity index (χ3n) is 4.30. The number of nitrogens with zero attached hydrogens (tertiary/aromatic N) is 2. The zero-order valence-corrected chi connectivity index (χ0v) is 13.4. The molecule has 1 aromatic carbocycles. The molecule has 5 nitrogen and oxygen atoms in total. The van der Waals surface area contributed by atoms with E-state index in [1.807, 2.05) is 0 Å². The van der Waals surface area contributed by atoms with E-state index in [0.717, 1.165) is 37.5 Å². The minimum Gasteiger partial charge on any atom is -0.426 e. The summed E-state index contributed by atoms with van der Waals surface area (Å²) in [5.74, 6) is 0.133. The first-order valence-electron chi connectivity index (χ1n) is 8.02. The van der Waals surface area contributed by atoms with Crippen LogP contribution in [0.4, 0.5) is 8.78 Å². The molecule has 128 valence electrons. The molecule has 1 aliphatic carbocycles. The van der Waals surface area contributed by atoms with E-state index in [-0.39, 0.29) is 23.9 Å². The Labute approximate surface area is 138 Å². The van der Waals surface area contributed by atoms with Crippen LogP contribution in [0, 0.1) is 24.5 Å². The standard InChI is InChI=1S/C17H19F2N3O2/c1-10-21-22-17(24-10)7-11-2-4-14(6-11)20-16(23)9-12-8-13(18)3-5-15(12)19/h3,5,8,11,14H,2,4,6-7,9H2,1H3,(H,20,23)/t11-,14+/m1/s1. The second-order valence-electron chi connectivity index (χ2n) is 6.27. The first-order chi connectivity index (χ1) is 11.5. The average molecular weight is 335 g/mol. The summed E-state index contributed by atoms with van der Waals surface area (Å²) in [4.78, 5) is 12.1. The van der Waals surface area contributed by atoms with Crippen LogP contribution in [0.2, 0.25) is 0 Å². The van der Waals surface area contributed by atoms with E-state index < -0.39 is 11.6 Å². The van der Waals surface area contributed by atoms with E-state index in [1.165, 1.54) is 0 Å². The van der Waals surface area contributed by atoms with Gasteiger partial charge in [-0.2, -0.15) is 0 Å². The molecule has 1 heterocycles. The van der Waals surface area contributed by atoms with Crippen LogP contribution in [-0.4, -0.2) is 22.1 Å². The number of halogens is 2. The molecule has 0 aliphatic heterocycles. The topological polar surface area (TPSA) is 68.0 Å². The number of hydrogen-bond acceptors (Lipinski definition) is 4. The monoisotopic (exact) mass is 335 g/mol. The van der Waals surface area contributed by atoms with Crippen molar-refractivity contribution in [3.63, 3.8) is 0 Å². The molecule has 0 saturated heterocycles. The maximum Gasteiger partial charge on any atom is 0.224 e. The molecule has 2 atom stereocenters. The van der Waals surface area contributed by atoms with E-state index in [2.05, 4.69) is 15.5 Å². The van der Waals surface area contributed by atoms with Crippen molar-refractivity contribution < 1.29 is 18.0 Å². The van der Waals surface area contributed by atoms with Crippen molar-refractivity contribution in [1.29, 1.82) is 0 Å². The lowest BCUT2D eigenvalue weighted by molar-refractivity contribution is -0.121. The molecule has 1 amide bonds. The van der Waals surface area contributed by atoms with Gasteiger partial charge in [0.2, 0.25) is 17.7 Å². The van der Waals surface area contributed by atoms with Gasteiger partial charge in [-0.3, -0.25) is 4.79 Å². The largest absolute Gasteiger partial charge is 0.426 e. The maximum atomic E-state index is 13.6. The molecule has 3 rings (SSSR count). The van der Waals surface area contributed by atoms with Crippen LogP contribution in [0.3, 0.4) is 0 Å². The second-order valence-corrected chi connectivity index (χ2v) is 6.27. The lowest BCUT2D eigenvalue weighted by Crippen LogP contribution is -2.34. The van der Waals surface area contributed by atoms with Crippen molar-refractivity contribution in [3.05, 3.63) is 47.2 Å². The van der Waals surface area contributed by atoms with Crippen molar-refractivity contribution >= 4 is 5.91 Å². The molecule has 1 aromatic heterocycles. The van der Waals surface area contributed by atoms with Crippen molar-refractivity contribution in [2.75, 3.05) is 0 Å². The normalized spacial score (nSPS) is 20.3. The molecule has 2 aromatic rings. The van der Waals surface area contributed by atoms with E-state index >= 15 is 0 Å². The number of benzene rings is 1. The summed E-state index contributed by atoms with van der Waals surface area (Å²) in [6.45, 7) is 1.75. The van der Waals surface area contributed by atoms with Crippen LogP contribution in [0.5, 0.6) is 0 Å². The van der Waals surface area contributed by atoms with Gasteiger partial charge >= 0.3 is 0 Å². The number of rotatable bonds is 5. The highest BCUT2D eigenvalue weighted by atomic mass is 19.1. The number of hydrogen-bond donors (Lipinski definition) is 1. The third-order valence-corrected chi connectivity index (χ3v) is 4.30. The summed E-state index contributed by atoms with van der Waals surface area (Å²) in [7, 11) is 0. The number of carbonyl (C=O) groups excluding carboxylic acids is 1. The molecule has 0 spiro atoms. The second kappa shape index (κ2) is 7.07. The van der Waals surface area contributed by atoms with Gasteiger partial charge in [0, 0.05) is 24.9 Å². The molecule has 1 N–H and O–H groups in total. The highest BCUT2D eigenvalue weighted by Crippen LogP contribution is 2.28. The molecule has 24 heavy (non-hydrogen) atoms. The number of aromatic nitrogens is 2. The van der Waals surface area contributed by atoms with Gasteiger partial charge in [0.25, 0.3) is 0 Å². The Balaban J connectivity index is 1.49. The van der Waals surface area contributed by atoms with Crippen molar-refractivity contribution in [1.82, 2.24) is 15.5 Å². The molecule has 7 heteroatoms. The highest BCUT2D eigenvalue weighted by Gasteiger charge is 2.27. The number of carbonyl (C=O) groups is 1. The van der Waals surface area contributed by atoms with E-state index in [4.69, 9.17) is 4.42 Å². The Bertz CT molecular complexity index is 732. The molecule has 1 saturated carbocycles. The lowest BCUT2D eigenvalue weighted by Gasteiger charge is -2.13. The molecule has 1 fully saturated rings. The van der Waals surface area contributed by atoms with Gasteiger partial charge in [-0.15, -0.1) is 10.2 Å². The summed E-state index contributed by atoms with van der Waals surface area (Å²) in [5, 5.41) is 10.7. The Hall–Kier alpha value is -2.31. The number of aryl methyl sites for hydroxylation is 1. The van der Waals surface area contributed by atoms with Gasteiger partial charge in [-0.25, -0.2) is 8.78 Å². The Kier molecular flexibility index (Phi) is 4.87. The van der Waals surface area contributed by atoms with Crippen molar-refractivity contribution in [2.45, 2.75) is 45.1 Å². The van der Waals surface area contributed by atoms with Crippen LogP contribution in [0.25, 0.3) is 0 Å². The smallest absolute Gasteiger partial charge is 0.224 e. The fourth-order valence-corrected chi connectivity index (χ4v) is 3.19. The summed E-state index contributed by atoms with van der Waals surface area (Å²) >= 11 is 0. The van der Waals surface area contributed by atoms with Crippen LogP contribution >= 0.6 is 0 Å². The Morgan fingerprint density at radius 3 is 2.92 bits per heavy atom. The molecular formula is C17H19F2N3O2. The van der Waals surface area contributed by atoms with E-state index in [1.54, 1.807) is 6.92 Å². The van der Waals surface area contributed by atoms with Crippen LogP contribution < -0.4 is 5.32 Å². The van der Waals surface area contributed by atoms with Gasteiger partial charge in [0.1, 0.15) is 11.6 Å². The summed E-state index contributed by atoms with van der Waals surface area (Å²) in [6, 6.07) is 3.18. The SMILES string of the molecule is Cc1nnc(C[C@@H]2CC[C@H](NC(=O)Cc3cc(F)ccc3F)C2)o1. The molecule has 1 aliphatic rings. The van der Waals surface area contributed by atoms with Gasteiger partial charge in [0.05, 0.1) is 6.42 Å². The van der Waals surface area contributed by atoms with Crippen LogP contribution in [0.15, 0.2) is 22.6 Å². The van der Waals surface area contributed by atoms with Gasteiger partial charge < -0.3 is 9.73 Å². The lowest BCUT2D eigenvalue weighted by atomic mass is 10.0. The Morgan fingerprint density at radius 2 is 2.17 bits per heavy atom. The quantitative estimate of drug-likeness (QED) is 0.912. The molecule has 0 unspecified atom stereocenters. The zero-order chi connectivity index (χ0) is 17.1. The minimum absolute atomic E-state index is 0.0446. The fraction of sp³-hybridized carbons (Fsp3) is 0.471. The molecular weight excluding hydrogens is 316 g/mol. The predicted molar refractivity (Wildman–Crippen MR) is 82.1 cm³/mol. The maximum absolute atomic E-state index is 13.6. The number of amides is 1.